The summed E-state index contributed by atoms with van der Waals surface area (Å²) >= 11 is 1.01. The second-order valence-electron chi connectivity index (χ2n) is 2.84. The van der Waals surface area contributed by atoms with E-state index in [1.807, 2.05) is 0 Å². The van der Waals surface area contributed by atoms with Crippen LogP contribution in [0.5, 0.6) is 0 Å². The third kappa shape index (κ3) is 1.20. The second-order valence-corrected chi connectivity index (χ2v) is 3.83. The molecule has 0 radical (unpaired) electrons. The molecule has 0 saturated carbocycles. The maximum Gasteiger partial charge on any atom is 0.307 e. The van der Waals surface area contributed by atoms with E-state index in [4.69, 9.17) is 0 Å². The molecule has 0 fully saturated rings. The highest BCUT2D eigenvalue weighted by Crippen LogP contribution is 2.22. The summed E-state index contributed by atoms with van der Waals surface area (Å²) in [7, 11) is 1.65. The molecule has 0 amide bonds. The molecule has 0 aliphatic rings. The number of hydrogen-bond donors (Lipinski definition) is 0. The molecule has 0 bridgehead atoms. The molecule has 14 heavy (non-hydrogen) atoms. The Morgan fingerprint density at radius 1 is 1.50 bits per heavy atom. The third-order valence-corrected chi connectivity index (χ3v) is 2.98. The smallest absolute Gasteiger partial charge is 0.302 e. The van der Waals surface area contributed by atoms with E-state index < -0.39 is 4.92 Å². The van der Waals surface area contributed by atoms with Crippen molar-refractivity contribution in [2.24, 2.45) is 7.05 Å². The van der Waals surface area contributed by atoms with E-state index in [1.54, 1.807) is 13.1 Å². The van der Waals surface area contributed by atoms with Gasteiger partial charge in [-0.15, -0.1) is 0 Å². The predicted octanol–water partition coefficient (Wildman–Crippen LogP) is 1.51. The number of nitro groups is 1. The number of fused-ring (bicyclic) bond motifs is 1. The lowest BCUT2D eigenvalue weighted by Crippen LogP contribution is -2.06. The van der Waals surface area contributed by atoms with E-state index in [2.05, 4.69) is 0 Å². The number of rotatable bonds is 1. The van der Waals surface area contributed by atoms with Crippen molar-refractivity contribution >= 4 is 27.2 Å². The van der Waals surface area contributed by atoms with Crippen LogP contribution >= 0.6 is 11.3 Å². The van der Waals surface area contributed by atoms with Crippen molar-refractivity contribution in [2.75, 3.05) is 0 Å². The number of aromatic nitrogens is 1. The van der Waals surface area contributed by atoms with Crippen molar-refractivity contribution in [1.82, 2.24) is 4.57 Å². The minimum Gasteiger partial charge on any atom is -0.302 e. The van der Waals surface area contributed by atoms with Gasteiger partial charge in [-0.3, -0.25) is 14.9 Å². The summed E-state index contributed by atoms with van der Waals surface area (Å²) in [5, 5.41) is 10.5. The first-order chi connectivity index (χ1) is 6.59. The van der Waals surface area contributed by atoms with E-state index >= 15 is 0 Å². The van der Waals surface area contributed by atoms with E-state index in [9.17, 15) is 14.9 Å². The number of non-ortho nitro benzene ring substituents is 1. The normalized spacial score (nSPS) is 10.6. The van der Waals surface area contributed by atoms with Gasteiger partial charge in [-0.25, -0.2) is 0 Å². The highest BCUT2D eigenvalue weighted by atomic mass is 32.1. The second kappa shape index (κ2) is 2.91. The van der Waals surface area contributed by atoms with Gasteiger partial charge in [0.15, 0.2) is 0 Å². The lowest BCUT2D eigenvalue weighted by atomic mass is 10.3. The zero-order valence-electron chi connectivity index (χ0n) is 7.26. The Hall–Kier alpha value is -1.69. The highest BCUT2D eigenvalue weighted by Gasteiger charge is 2.09. The Kier molecular flexibility index (Phi) is 1.85. The number of thiazole rings is 1. The van der Waals surface area contributed by atoms with E-state index in [0.717, 1.165) is 16.9 Å². The molecule has 1 aromatic heterocycles. The Balaban J connectivity index is 2.80. The van der Waals surface area contributed by atoms with Gasteiger partial charge < -0.3 is 4.57 Å². The number of aryl methyl sites for hydroxylation is 1. The van der Waals surface area contributed by atoms with Crippen molar-refractivity contribution in [3.8, 4) is 0 Å². The number of hydrogen-bond acceptors (Lipinski definition) is 4. The molecule has 2 rings (SSSR count). The molecule has 0 spiro atoms. The summed E-state index contributed by atoms with van der Waals surface area (Å²) < 4.78 is 2.12. The Morgan fingerprint density at radius 2 is 2.21 bits per heavy atom. The Morgan fingerprint density at radius 3 is 2.86 bits per heavy atom. The lowest BCUT2D eigenvalue weighted by molar-refractivity contribution is -0.384. The summed E-state index contributed by atoms with van der Waals surface area (Å²) in [6, 6.07) is 4.40. The van der Waals surface area contributed by atoms with Crippen molar-refractivity contribution < 1.29 is 4.92 Å². The van der Waals surface area contributed by atoms with Crippen LogP contribution in [0.4, 0.5) is 5.69 Å². The fraction of sp³-hybridized carbons (Fsp3) is 0.125. The minimum absolute atomic E-state index is 0.0133. The van der Waals surface area contributed by atoms with Crippen LogP contribution in [0.15, 0.2) is 23.0 Å². The summed E-state index contributed by atoms with van der Waals surface area (Å²) in [6.07, 6.45) is 0. The van der Waals surface area contributed by atoms with Crippen LogP contribution in [0.25, 0.3) is 10.2 Å². The zero-order valence-corrected chi connectivity index (χ0v) is 8.08. The maximum absolute atomic E-state index is 11.2. The van der Waals surface area contributed by atoms with Gasteiger partial charge in [-0.1, -0.05) is 11.3 Å². The molecular weight excluding hydrogens is 204 g/mol. The van der Waals surface area contributed by atoms with Gasteiger partial charge in [0.2, 0.25) is 0 Å². The standard InChI is InChI=1S/C8H6N2O3S/c1-9-6-3-2-5(10(12)13)4-7(6)14-8(9)11/h2-4H,1H3. The molecule has 0 aliphatic heterocycles. The number of nitrogens with zero attached hydrogens (tertiary/aromatic N) is 2. The van der Waals surface area contributed by atoms with E-state index in [0.29, 0.717) is 4.70 Å². The van der Waals surface area contributed by atoms with Crippen LogP contribution in [0.3, 0.4) is 0 Å². The van der Waals surface area contributed by atoms with Crippen LogP contribution in [0.1, 0.15) is 0 Å². The molecule has 5 nitrogen and oxygen atoms in total. The van der Waals surface area contributed by atoms with Crippen LogP contribution < -0.4 is 4.87 Å². The van der Waals surface area contributed by atoms with Gasteiger partial charge in [-0.05, 0) is 6.07 Å². The van der Waals surface area contributed by atoms with Gasteiger partial charge in [-0.2, -0.15) is 0 Å². The summed E-state index contributed by atoms with van der Waals surface area (Å²) in [4.78, 5) is 21.1. The summed E-state index contributed by atoms with van der Waals surface area (Å²) in [5.74, 6) is 0. The molecule has 1 aromatic carbocycles. The zero-order chi connectivity index (χ0) is 10.3. The van der Waals surface area contributed by atoms with Crippen LogP contribution in [-0.4, -0.2) is 9.49 Å². The first-order valence-corrected chi connectivity index (χ1v) is 4.65. The van der Waals surface area contributed by atoms with E-state index in [1.165, 1.54) is 16.7 Å². The quantitative estimate of drug-likeness (QED) is 0.529. The Labute approximate surface area is 82.4 Å². The van der Waals surface area contributed by atoms with Crippen molar-refractivity contribution in [3.05, 3.63) is 38.0 Å². The van der Waals surface area contributed by atoms with Gasteiger partial charge in [0.05, 0.1) is 15.1 Å². The monoisotopic (exact) mass is 210 g/mol. The van der Waals surface area contributed by atoms with Crippen molar-refractivity contribution in [2.45, 2.75) is 0 Å². The first kappa shape index (κ1) is 8.89. The topological polar surface area (TPSA) is 65.1 Å². The molecule has 0 N–H and O–H groups in total. The molecule has 6 heteroatoms. The molecular formula is C8H6N2O3S. The van der Waals surface area contributed by atoms with Crippen LogP contribution in [-0.2, 0) is 7.05 Å². The molecule has 2 aromatic rings. The Bertz CT molecular complexity index is 569. The van der Waals surface area contributed by atoms with Crippen LogP contribution in [0.2, 0.25) is 0 Å². The maximum atomic E-state index is 11.2. The lowest BCUT2D eigenvalue weighted by Gasteiger charge is -1.93. The average molecular weight is 210 g/mol. The number of nitro benzene ring substituents is 1. The SMILES string of the molecule is Cn1c(=O)sc2cc([N+](=O)[O-])ccc21. The summed E-state index contributed by atoms with van der Waals surface area (Å²) in [6.45, 7) is 0. The molecule has 0 saturated heterocycles. The average Bonchev–Trinajstić information content (AvgIpc) is 2.42. The predicted molar refractivity (Wildman–Crippen MR) is 53.7 cm³/mol. The summed E-state index contributed by atoms with van der Waals surface area (Å²) in [5.41, 5.74) is 0.741. The van der Waals surface area contributed by atoms with Crippen LogP contribution in [0, 0.1) is 10.1 Å². The van der Waals surface area contributed by atoms with Crippen molar-refractivity contribution in [3.63, 3.8) is 0 Å². The molecule has 0 aliphatic carbocycles. The molecule has 72 valence electrons. The van der Waals surface area contributed by atoms with Gasteiger partial charge in [0.25, 0.3) is 5.69 Å². The van der Waals surface area contributed by atoms with Crippen molar-refractivity contribution in [1.29, 1.82) is 0 Å². The largest absolute Gasteiger partial charge is 0.307 e. The molecule has 0 unspecified atom stereocenters. The third-order valence-electron chi connectivity index (χ3n) is 1.99. The van der Waals surface area contributed by atoms with Gasteiger partial charge in [0, 0.05) is 19.2 Å². The first-order valence-electron chi connectivity index (χ1n) is 3.83. The fourth-order valence-electron chi connectivity index (χ4n) is 1.24. The van der Waals surface area contributed by atoms with Gasteiger partial charge in [0.1, 0.15) is 0 Å². The molecule has 0 atom stereocenters. The fourth-order valence-corrected chi connectivity index (χ4v) is 2.15. The number of benzene rings is 1. The highest BCUT2D eigenvalue weighted by molar-refractivity contribution is 7.16. The van der Waals surface area contributed by atoms with E-state index in [-0.39, 0.29) is 10.6 Å². The minimum atomic E-state index is -0.469. The molecule has 1 heterocycles. The van der Waals surface area contributed by atoms with Gasteiger partial charge >= 0.3 is 4.87 Å².